The maximum Gasteiger partial charge on any atom is 0.0587 e. The Morgan fingerprint density at radius 3 is 2.81 bits per heavy atom. The monoisotopic (exact) mass is 354 g/mol. The molecule has 0 atom stereocenters. The lowest BCUT2D eigenvalue weighted by molar-refractivity contribution is 0.199. The molecule has 1 aliphatic rings. The van der Waals surface area contributed by atoms with Crippen LogP contribution in [-0.4, -0.2) is 32.8 Å². The first-order valence-corrected chi connectivity index (χ1v) is 8.80. The molecule has 0 radical (unpaired) electrons. The summed E-state index contributed by atoms with van der Waals surface area (Å²) < 4.78 is 6.27. The molecule has 1 aromatic carbocycles. The summed E-state index contributed by atoms with van der Waals surface area (Å²) in [5.41, 5.74) is 2.67. The number of halogens is 1. The molecule has 1 saturated carbocycles. The van der Waals surface area contributed by atoms with Crippen LogP contribution < -0.4 is 10.2 Å². The smallest absolute Gasteiger partial charge is 0.0587 e. The van der Waals surface area contributed by atoms with E-state index in [0.29, 0.717) is 0 Å². The van der Waals surface area contributed by atoms with Crippen molar-refractivity contribution in [3.8, 4) is 0 Å². The molecule has 0 bridgehead atoms. The Morgan fingerprint density at radius 1 is 1.38 bits per heavy atom. The van der Waals surface area contributed by atoms with Gasteiger partial charge in [0.15, 0.2) is 0 Å². The molecule has 118 valence electrons. The van der Waals surface area contributed by atoms with Crippen LogP contribution in [0.4, 0.5) is 5.69 Å². The molecule has 1 aromatic rings. The predicted octanol–water partition coefficient (Wildman–Crippen LogP) is 3.95. The van der Waals surface area contributed by atoms with Gasteiger partial charge in [-0.05, 0) is 52.9 Å². The van der Waals surface area contributed by atoms with Crippen molar-refractivity contribution in [1.29, 1.82) is 0 Å². The van der Waals surface area contributed by atoms with Gasteiger partial charge in [0.1, 0.15) is 0 Å². The van der Waals surface area contributed by atoms with Crippen LogP contribution in [0.2, 0.25) is 0 Å². The van der Waals surface area contributed by atoms with E-state index in [9.17, 15) is 0 Å². The summed E-state index contributed by atoms with van der Waals surface area (Å²) in [6.07, 6.45) is 5.21. The van der Waals surface area contributed by atoms with Crippen LogP contribution in [0.1, 0.15) is 38.2 Å². The Bertz CT molecular complexity index is 435. The summed E-state index contributed by atoms with van der Waals surface area (Å²) in [5.74, 6) is 0. The SMILES string of the molecule is CCCCN(c1ccc(CNCCOC)cc1Br)C1CC1. The summed E-state index contributed by atoms with van der Waals surface area (Å²) in [5, 5.41) is 3.39. The number of hydrogen-bond acceptors (Lipinski definition) is 3. The second kappa shape index (κ2) is 8.76. The molecule has 1 N–H and O–H groups in total. The highest BCUT2D eigenvalue weighted by Gasteiger charge is 2.29. The third-order valence-corrected chi connectivity index (χ3v) is 4.51. The molecule has 0 amide bonds. The fourth-order valence-corrected chi connectivity index (χ4v) is 3.17. The van der Waals surface area contributed by atoms with Crippen LogP contribution in [0.5, 0.6) is 0 Å². The molecule has 21 heavy (non-hydrogen) atoms. The van der Waals surface area contributed by atoms with Crippen LogP contribution in [-0.2, 0) is 11.3 Å². The third kappa shape index (κ3) is 5.28. The van der Waals surface area contributed by atoms with Gasteiger partial charge in [0.2, 0.25) is 0 Å². The number of rotatable bonds is 10. The van der Waals surface area contributed by atoms with Gasteiger partial charge in [-0.25, -0.2) is 0 Å². The fraction of sp³-hybridized carbons (Fsp3) is 0.647. The van der Waals surface area contributed by atoms with Crippen molar-refractivity contribution in [2.45, 2.75) is 45.2 Å². The first-order chi connectivity index (χ1) is 10.3. The van der Waals surface area contributed by atoms with E-state index in [2.05, 4.69) is 51.3 Å². The normalized spacial score (nSPS) is 14.4. The number of hydrogen-bond donors (Lipinski definition) is 1. The summed E-state index contributed by atoms with van der Waals surface area (Å²) in [7, 11) is 1.73. The zero-order valence-electron chi connectivity index (χ0n) is 13.2. The Kier molecular flexibility index (Phi) is 7.00. The number of methoxy groups -OCH3 is 1. The number of benzene rings is 1. The van der Waals surface area contributed by atoms with Crippen LogP contribution >= 0.6 is 15.9 Å². The number of nitrogens with one attached hydrogen (secondary N) is 1. The van der Waals surface area contributed by atoms with Crippen molar-refractivity contribution in [3.05, 3.63) is 28.2 Å². The zero-order valence-corrected chi connectivity index (χ0v) is 14.8. The lowest BCUT2D eigenvalue weighted by atomic mass is 10.1. The van der Waals surface area contributed by atoms with Crippen LogP contribution in [0.25, 0.3) is 0 Å². The average Bonchev–Trinajstić information content (AvgIpc) is 3.30. The van der Waals surface area contributed by atoms with E-state index in [0.717, 1.165) is 25.7 Å². The van der Waals surface area contributed by atoms with Crippen molar-refractivity contribution in [1.82, 2.24) is 5.32 Å². The summed E-state index contributed by atoms with van der Waals surface area (Å²) in [6, 6.07) is 7.52. The molecule has 0 saturated heterocycles. The van der Waals surface area contributed by atoms with Crippen molar-refractivity contribution in [3.63, 3.8) is 0 Å². The van der Waals surface area contributed by atoms with Crippen LogP contribution in [0.15, 0.2) is 22.7 Å². The Morgan fingerprint density at radius 2 is 2.19 bits per heavy atom. The Labute approximate surface area is 137 Å². The van der Waals surface area contributed by atoms with Gasteiger partial charge in [-0.2, -0.15) is 0 Å². The Balaban J connectivity index is 1.96. The van der Waals surface area contributed by atoms with Gasteiger partial charge in [-0.3, -0.25) is 0 Å². The van der Waals surface area contributed by atoms with Crippen molar-refractivity contribution < 1.29 is 4.74 Å². The number of anilines is 1. The third-order valence-electron chi connectivity index (χ3n) is 3.87. The predicted molar refractivity (Wildman–Crippen MR) is 93.0 cm³/mol. The average molecular weight is 355 g/mol. The minimum Gasteiger partial charge on any atom is -0.383 e. The lowest BCUT2D eigenvalue weighted by Crippen LogP contribution is -2.27. The molecule has 0 heterocycles. The highest BCUT2D eigenvalue weighted by atomic mass is 79.9. The van der Waals surface area contributed by atoms with E-state index < -0.39 is 0 Å². The number of unbranched alkanes of at least 4 members (excludes halogenated alkanes) is 1. The Hall–Kier alpha value is -0.580. The molecule has 1 fully saturated rings. The van der Waals surface area contributed by atoms with Gasteiger partial charge in [0.25, 0.3) is 0 Å². The zero-order chi connectivity index (χ0) is 15.1. The minimum atomic E-state index is 0.756. The second-order valence-corrected chi connectivity index (χ2v) is 6.59. The molecule has 0 aliphatic heterocycles. The molecular weight excluding hydrogens is 328 g/mol. The largest absolute Gasteiger partial charge is 0.383 e. The molecule has 4 heteroatoms. The van der Waals surface area contributed by atoms with Gasteiger partial charge in [0.05, 0.1) is 12.3 Å². The van der Waals surface area contributed by atoms with E-state index in [4.69, 9.17) is 4.74 Å². The minimum absolute atomic E-state index is 0.756. The van der Waals surface area contributed by atoms with E-state index in [-0.39, 0.29) is 0 Å². The van der Waals surface area contributed by atoms with E-state index in [1.54, 1.807) is 7.11 Å². The van der Waals surface area contributed by atoms with E-state index in [1.807, 2.05) is 0 Å². The second-order valence-electron chi connectivity index (χ2n) is 5.73. The summed E-state index contributed by atoms with van der Waals surface area (Å²) >= 11 is 3.76. The molecule has 0 unspecified atom stereocenters. The first kappa shape index (κ1) is 16.8. The van der Waals surface area contributed by atoms with E-state index in [1.165, 1.54) is 48.0 Å². The lowest BCUT2D eigenvalue weighted by Gasteiger charge is -2.26. The van der Waals surface area contributed by atoms with Crippen molar-refractivity contribution in [2.75, 3.05) is 31.7 Å². The number of nitrogens with zero attached hydrogens (tertiary/aromatic N) is 1. The molecule has 0 aromatic heterocycles. The molecule has 0 spiro atoms. The molecule has 1 aliphatic carbocycles. The molecule has 2 rings (SSSR count). The maximum atomic E-state index is 5.05. The highest BCUT2D eigenvalue weighted by Crippen LogP contribution is 2.36. The quantitative estimate of drug-likeness (QED) is 0.643. The van der Waals surface area contributed by atoms with Crippen molar-refractivity contribution >= 4 is 21.6 Å². The standard InChI is InChI=1S/C17H27BrN2O/c1-3-4-10-20(15-6-7-15)17-8-5-14(12-16(17)18)13-19-9-11-21-2/h5,8,12,15,19H,3-4,6-7,9-11,13H2,1-2H3. The van der Waals surface area contributed by atoms with Gasteiger partial charge in [-0.15, -0.1) is 0 Å². The summed E-state index contributed by atoms with van der Waals surface area (Å²) in [6.45, 7) is 5.97. The fourth-order valence-electron chi connectivity index (χ4n) is 2.51. The van der Waals surface area contributed by atoms with Crippen LogP contribution in [0.3, 0.4) is 0 Å². The van der Waals surface area contributed by atoms with Gasteiger partial charge < -0.3 is 15.0 Å². The van der Waals surface area contributed by atoms with Gasteiger partial charge in [-0.1, -0.05) is 19.4 Å². The van der Waals surface area contributed by atoms with E-state index >= 15 is 0 Å². The first-order valence-electron chi connectivity index (χ1n) is 8.01. The molecule has 3 nitrogen and oxygen atoms in total. The highest BCUT2D eigenvalue weighted by molar-refractivity contribution is 9.10. The van der Waals surface area contributed by atoms with Gasteiger partial charge in [0, 0.05) is 37.3 Å². The maximum absolute atomic E-state index is 5.05. The van der Waals surface area contributed by atoms with Crippen molar-refractivity contribution in [2.24, 2.45) is 0 Å². The van der Waals surface area contributed by atoms with Gasteiger partial charge >= 0.3 is 0 Å². The van der Waals surface area contributed by atoms with Crippen LogP contribution in [0, 0.1) is 0 Å². The molecular formula is C17H27BrN2O. The summed E-state index contributed by atoms with van der Waals surface area (Å²) in [4.78, 5) is 2.58. The number of ether oxygens (including phenoxy) is 1. The topological polar surface area (TPSA) is 24.5 Å².